The Labute approximate surface area is 111 Å². The average Bonchev–Trinajstić information content (AvgIpc) is 2.84. The molecule has 1 aliphatic rings. The Kier molecular flexibility index (Phi) is 4.41. The molecule has 1 aromatic carbocycles. The van der Waals surface area contributed by atoms with Gasteiger partial charge in [0.25, 0.3) is 0 Å². The van der Waals surface area contributed by atoms with Gasteiger partial charge in [0.15, 0.2) is 0 Å². The molecule has 0 radical (unpaired) electrons. The second kappa shape index (κ2) is 5.85. The van der Waals surface area contributed by atoms with Crippen LogP contribution in [-0.4, -0.2) is 29.6 Å². The molecule has 1 aliphatic heterocycles. The van der Waals surface area contributed by atoms with Crippen molar-refractivity contribution in [3.05, 3.63) is 35.9 Å². The lowest BCUT2D eigenvalue weighted by molar-refractivity contribution is 0.0825. The SMILES string of the molecule is CCC(CN)(Cc1ccccc1)N1CCCC1C. The molecule has 1 heterocycles. The van der Waals surface area contributed by atoms with E-state index in [0.717, 1.165) is 19.4 Å². The molecule has 0 bridgehead atoms. The standard InChI is InChI=1S/C16H26N2/c1-3-16(13-17,18-11-7-8-14(18)2)12-15-9-5-4-6-10-15/h4-6,9-10,14H,3,7-8,11-13,17H2,1-2H3. The molecule has 18 heavy (non-hydrogen) atoms. The first kappa shape index (κ1) is 13.6. The topological polar surface area (TPSA) is 29.3 Å². The lowest BCUT2D eigenvalue weighted by Crippen LogP contribution is -2.56. The van der Waals surface area contributed by atoms with Gasteiger partial charge in [-0.1, -0.05) is 37.3 Å². The maximum atomic E-state index is 6.17. The molecule has 0 amide bonds. The Balaban J connectivity index is 2.21. The highest BCUT2D eigenvalue weighted by molar-refractivity contribution is 5.19. The van der Waals surface area contributed by atoms with Gasteiger partial charge in [-0.15, -0.1) is 0 Å². The zero-order valence-electron chi connectivity index (χ0n) is 11.7. The molecule has 2 unspecified atom stereocenters. The predicted octanol–water partition coefficient (Wildman–Crippen LogP) is 2.82. The van der Waals surface area contributed by atoms with Crippen LogP contribution in [0.3, 0.4) is 0 Å². The molecule has 1 saturated heterocycles. The highest BCUT2D eigenvalue weighted by Crippen LogP contribution is 2.31. The van der Waals surface area contributed by atoms with Crippen LogP contribution in [0.15, 0.2) is 30.3 Å². The Morgan fingerprint density at radius 3 is 2.56 bits per heavy atom. The van der Waals surface area contributed by atoms with E-state index in [9.17, 15) is 0 Å². The van der Waals surface area contributed by atoms with E-state index in [-0.39, 0.29) is 5.54 Å². The number of hydrogen-bond acceptors (Lipinski definition) is 2. The van der Waals surface area contributed by atoms with Gasteiger partial charge in [-0.05, 0) is 44.7 Å². The van der Waals surface area contributed by atoms with Crippen LogP contribution < -0.4 is 5.73 Å². The minimum Gasteiger partial charge on any atom is -0.329 e. The van der Waals surface area contributed by atoms with E-state index < -0.39 is 0 Å². The van der Waals surface area contributed by atoms with Gasteiger partial charge in [0.1, 0.15) is 0 Å². The summed E-state index contributed by atoms with van der Waals surface area (Å²) in [5, 5.41) is 0. The van der Waals surface area contributed by atoms with Crippen molar-refractivity contribution >= 4 is 0 Å². The molecule has 2 rings (SSSR count). The van der Waals surface area contributed by atoms with Gasteiger partial charge in [-0.3, -0.25) is 4.90 Å². The zero-order valence-corrected chi connectivity index (χ0v) is 11.7. The predicted molar refractivity (Wildman–Crippen MR) is 77.6 cm³/mol. The van der Waals surface area contributed by atoms with E-state index in [1.54, 1.807) is 0 Å². The van der Waals surface area contributed by atoms with Crippen molar-refractivity contribution in [2.24, 2.45) is 5.73 Å². The van der Waals surface area contributed by atoms with E-state index >= 15 is 0 Å². The minimum atomic E-state index is 0.150. The fourth-order valence-corrected chi connectivity index (χ4v) is 3.38. The summed E-state index contributed by atoms with van der Waals surface area (Å²) in [6.45, 7) is 6.58. The fourth-order valence-electron chi connectivity index (χ4n) is 3.38. The third-order valence-corrected chi connectivity index (χ3v) is 4.58. The molecular weight excluding hydrogens is 220 g/mol. The van der Waals surface area contributed by atoms with Crippen molar-refractivity contribution in [3.63, 3.8) is 0 Å². The normalized spacial score (nSPS) is 24.1. The smallest absolute Gasteiger partial charge is 0.0372 e. The second-order valence-corrected chi connectivity index (χ2v) is 5.63. The van der Waals surface area contributed by atoms with Crippen LogP contribution >= 0.6 is 0 Å². The Hall–Kier alpha value is -0.860. The van der Waals surface area contributed by atoms with E-state index in [4.69, 9.17) is 5.73 Å². The zero-order chi connectivity index (χ0) is 13.0. The molecule has 2 atom stereocenters. The summed E-state index contributed by atoms with van der Waals surface area (Å²) in [7, 11) is 0. The highest BCUT2D eigenvalue weighted by Gasteiger charge is 2.38. The quantitative estimate of drug-likeness (QED) is 0.865. The molecule has 2 N–H and O–H groups in total. The van der Waals surface area contributed by atoms with E-state index in [1.807, 2.05) is 0 Å². The van der Waals surface area contributed by atoms with Gasteiger partial charge in [-0.2, -0.15) is 0 Å². The van der Waals surface area contributed by atoms with Gasteiger partial charge in [0, 0.05) is 18.1 Å². The largest absolute Gasteiger partial charge is 0.329 e. The number of nitrogens with two attached hydrogens (primary N) is 1. The summed E-state index contributed by atoms with van der Waals surface area (Å²) in [4.78, 5) is 2.65. The monoisotopic (exact) mass is 246 g/mol. The van der Waals surface area contributed by atoms with Crippen molar-refractivity contribution in [1.82, 2.24) is 4.90 Å². The summed E-state index contributed by atoms with van der Waals surface area (Å²) in [6.07, 6.45) is 4.84. The maximum Gasteiger partial charge on any atom is 0.0372 e. The summed E-state index contributed by atoms with van der Waals surface area (Å²) >= 11 is 0. The molecule has 1 aromatic rings. The average molecular weight is 246 g/mol. The molecule has 0 spiro atoms. The molecule has 0 aromatic heterocycles. The van der Waals surface area contributed by atoms with E-state index in [2.05, 4.69) is 49.1 Å². The summed E-state index contributed by atoms with van der Waals surface area (Å²) in [5.74, 6) is 0. The summed E-state index contributed by atoms with van der Waals surface area (Å²) in [6, 6.07) is 11.5. The lowest BCUT2D eigenvalue weighted by Gasteiger charge is -2.43. The Bertz CT molecular complexity index is 357. The minimum absolute atomic E-state index is 0.150. The van der Waals surface area contributed by atoms with Gasteiger partial charge in [0.2, 0.25) is 0 Å². The van der Waals surface area contributed by atoms with Gasteiger partial charge >= 0.3 is 0 Å². The molecule has 1 fully saturated rings. The van der Waals surface area contributed by atoms with Crippen LogP contribution in [0.2, 0.25) is 0 Å². The lowest BCUT2D eigenvalue weighted by atomic mass is 9.85. The number of hydrogen-bond donors (Lipinski definition) is 1. The van der Waals surface area contributed by atoms with Crippen LogP contribution in [0.1, 0.15) is 38.7 Å². The molecule has 2 heteroatoms. The number of benzene rings is 1. The molecule has 0 aliphatic carbocycles. The van der Waals surface area contributed by atoms with Crippen LogP contribution in [0.4, 0.5) is 0 Å². The Morgan fingerprint density at radius 1 is 1.33 bits per heavy atom. The third kappa shape index (κ3) is 2.60. The Morgan fingerprint density at radius 2 is 2.06 bits per heavy atom. The molecular formula is C16H26N2. The van der Waals surface area contributed by atoms with Crippen molar-refractivity contribution in [3.8, 4) is 0 Å². The van der Waals surface area contributed by atoms with Gasteiger partial charge in [0.05, 0.1) is 0 Å². The summed E-state index contributed by atoms with van der Waals surface area (Å²) in [5.41, 5.74) is 7.72. The fraction of sp³-hybridized carbons (Fsp3) is 0.625. The highest BCUT2D eigenvalue weighted by atomic mass is 15.2. The van der Waals surface area contributed by atoms with Crippen LogP contribution in [0.25, 0.3) is 0 Å². The summed E-state index contributed by atoms with van der Waals surface area (Å²) < 4.78 is 0. The molecule has 0 saturated carbocycles. The molecule has 100 valence electrons. The van der Waals surface area contributed by atoms with Crippen LogP contribution in [0.5, 0.6) is 0 Å². The number of likely N-dealkylation sites (tertiary alicyclic amines) is 1. The first-order chi connectivity index (χ1) is 8.72. The molecule has 2 nitrogen and oxygen atoms in total. The number of rotatable bonds is 5. The van der Waals surface area contributed by atoms with E-state index in [1.165, 1.54) is 24.9 Å². The van der Waals surface area contributed by atoms with Crippen molar-refractivity contribution in [1.29, 1.82) is 0 Å². The van der Waals surface area contributed by atoms with Gasteiger partial charge < -0.3 is 5.73 Å². The van der Waals surface area contributed by atoms with Crippen LogP contribution in [0, 0.1) is 0 Å². The maximum absolute atomic E-state index is 6.17. The van der Waals surface area contributed by atoms with Gasteiger partial charge in [-0.25, -0.2) is 0 Å². The third-order valence-electron chi connectivity index (χ3n) is 4.58. The number of nitrogens with zero attached hydrogens (tertiary/aromatic N) is 1. The van der Waals surface area contributed by atoms with Crippen molar-refractivity contribution in [2.75, 3.05) is 13.1 Å². The first-order valence-electron chi connectivity index (χ1n) is 7.22. The van der Waals surface area contributed by atoms with Crippen LogP contribution in [-0.2, 0) is 6.42 Å². The van der Waals surface area contributed by atoms with Crippen molar-refractivity contribution in [2.45, 2.75) is 51.1 Å². The van der Waals surface area contributed by atoms with E-state index in [0.29, 0.717) is 6.04 Å². The van der Waals surface area contributed by atoms with Crippen molar-refractivity contribution < 1.29 is 0 Å². The first-order valence-corrected chi connectivity index (χ1v) is 7.22. The second-order valence-electron chi connectivity index (χ2n) is 5.63.